The van der Waals surface area contributed by atoms with Crippen LogP contribution >= 0.6 is 0 Å². The van der Waals surface area contributed by atoms with E-state index in [2.05, 4.69) is 27.4 Å². The lowest BCUT2D eigenvalue weighted by Gasteiger charge is -2.60. The van der Waals surface area contributed by atoms with Gasteiger partial charge in [-0.3, -0.25) is 4.79 Å². The van der Waals surface area contributed by atoms with E-state index in [1.54, 1.807) is 10.9 Å². The van der Waals surface area contributed by atoms with Crippen molar-refractivity contribution < 1.29 is 28.6 Å². The van der Waals surface area contributed by atoms with Crippen molar-refractivity contribution in [2.75, 3.05) is 20.8 Å². The second-order valence-corrected chi connectivity index (χ2v) is 12.0. The SMILES string of the molecule is CNC(C)(C)/C=C/n1ncc(C(=O)NC2C[C@@]3(OC(N)=O)CC4CC(C)CC23C4)c1OC(C)C.COCC=O. The number of nitrogens with two attached hydrogens (primary N) is 1. The number of ether oxygens (including phenoxy) is 3. The minimum absolute atomic E-state index is 0.0823. The van der Waals surface area contributed by atoms with Crippen LogP contribution in [0.3, 0.4) is 0 Å². The average Bonchev–Trinajstić information content (AvgIpc) is 3.31. The van der Waals surface area contributed by atoms with Crippen molar-refractivity contribution in [3.63, 3.8) is 0 Å². The van der Waals surface area contributed by atoms with E-state index in [1.807, 2.05) is 47.0 Å². The molecule has 4 N–H and O–H groups in total. The molecule has 0 radical (unpaired) electrons. The van der Waals surface area contributed by atoms with Gasteiger partial charge in [0.2, 0.25) is 5.88 Å². The number of methoxy groups -OCH3 is 1. The third-order valence-corrected chi connectivity index (χ3v) is 8.28. The Morgan fingerprint density at radius 1 is 1.28 bits per heavy atom. The number of primary amides is 1. The molecule has 1 heterocycles. The number of nitrogens with one attached hydrogen (secondary N) is 2. The highest BCUT2D eigenvalue weighted by Gasteiger charge is 2.74. The van der Waals surface area contributed by atoms with E-state index < -0.39 is 11.7 Å². The Kier molecular flexibility index (Phi) is 9.48. The average molecular weight is 548 g/mol. The Morgan fingerprint density at radius 3 is 2.56 bits per heavy atom. The molecule has 11 nitrogen and oxygen atoms in total. The van der Waals surface area contributed by atoms with Gasteiger partial charge in [-0.05, 0) is 78.3 Å². The normalized spacial score (nSPS) is 29.2. The van der Waals surface area contributed by atoms with Gasteiger partial charge < -0.3 is 35.4 Å². The molecule has 4 rings (SSSR count). The Hall–Kier alpha value is -2.92. The van der Waals surface area contributed by atoms with Gasteiger partial charge in [0.25, 0.3) is 5.91 Å². The smallest absolute Gasteiger partial charge is 0.405 e. The van der Waals surface area contributed by atoms with Crippen LogP contribution in [-0.2, 0) is 14.3 Å². The minimum Gasteiger partial charge on any atom is -0.474 e. The molecule has 3 saturated carbocycles. The number of carbonyl (C=O) groups excluding carboxylic acids is 3. The summed E-state index contributed by atoms with van der Waals surface area (Å²) in [6.45, 7) is 10.4. The predicted octanol–water partition coefficient (Wildman–Crippen LogP) is 3.13. The summed E-state index contributed by atoms with van der Waals surface area (Å²) in [5.74, 6) is 1.19. The molecule has 11 heteroatoms. The highest BCUT2D eigenvalue weighted by atomic mass is 16.6. The molecule has 39 heavy (non-hydrogen) atoms. The molecule has 1 spiro atoms. The molecule has 3 aliphatic carbocycles. The summed E-state index contributed by atoms with van der Waals surface area (Å²) in [4.78, 5) is 34.5. The van der Waals surface area contributed by atoms with Crippen LogP contribution in [-0.4, -0.2) is 72.1 Å². The summed E-state index contributed by atoms with van der Waals surface area (Å²) in [6.07, 6.45) is 9.60. The number of hydrogen-bond donors (Lipinski definition) is 3. The molecule has 0 saturated heterocycles. The summed E-state index contributed by atoms with van der Waals surface area (Å²) in [7, 11) is 3.37. The first-order valence-corrected chi connectivity index (χ1v) is 13.7. The molecule has 3 aliphatic rings. The molecule has 4 unspecified atom stereocenters. The first-order chi connectivity index (χ1) is 18.3. The van der Waals surface area contributed by atoms with Crippen LogP contribution in [0.2, 0.25) is 0 Å². The molecular weight excluding hydrogens is 502 g/mol. The predicted molar refractivity (Wildman–Crippen MR) is 147 cm³/mol. The fourth-order valence-electron chi connectivity index (χ4n) is 6.60. The Balaban J connectivity index is 0.000000771. The van der Waals surface area contributed by atoms with Gasteiger partial charge in [0, 0.05) is 36.7 Å². The quantitative estimate of drug-likeness (QED) is 0.379. The number of carbonyl (C=O) groups is 3. The van der Waals surface area contributed by atoms with Crippen molar-refractivity contribution in [2.45, 2.75) is 90.0 Å². The zero-order valence-corrected chi connectivity index (χ0v) is 24.3. The van der Waals surface area contributed by atoms with Crippen molar-refractivity contribution in [2.24, 2.45) is 23.0 Å². The van der Waals surface area contributed by atoms with E-state index >= 15 is 0 Å². The molecule has 2 bridgehead atoms. The summed E-state index contributed by atoms with van der Waals surface area (Å²) in [6, 6.07) is -0.0823. The van der Waals surface area contributed by atoms with E-state index in [0.717, 1.165) is 25.7 Å². The lowest BCUT2D eigenvalue weighted by atomic mass is 9.51. The van der Waals surface area contributed by atoms with E-state index in [9.17, 15) is 14.4 Å². The fourth-order valence-corrected chi connectivity index (χ4v) is 6.60. The maximum atomic E-state index is 13.5. The standard InChI is InChI=1S/C25H39N5O4.C3H6O2/c1-15(2)33-21-18(14-28-30(21)8-7-23(4,5)27-6)20(31)29-19-13-25(34-22(26)32)12-17-9-16(3)10-24(19,25)11-17;1-5-3-2-4/h7-8,14-17,19,27H,9-13H2,1-6H3,(H2,26,32)(H,29,31);2H,3H2,1H3/b8-7+;/t16?,17?,19?,24?,25-;/m0./s1. The van der Waals surface area contributed by atoms with Gasteiger partial charge in [-0.1, -0.05) is 6.92 Å². The molecule has 5 atom stereocenters. The third-order valence-electron chi connectivity index (χ3n) is 8.28. The van der Waals surface area contributed by atoms with Gasteiger partial charge in [0.05, 0.1) is 12.3 Å². The second-order valence-electron chi connectivity index (χ2n) is 12.0. The zero-order valence-electron chi connectivity index (χ0n) is 24.3. The summed E-state index contributed by atoms with van der Waals surface area (Å²) < 4.78 is 17.7. The van der Waals surface area contributed by atoms with Crippen LogP contribution in [0, 0.1) is 17.3 Å². The molecule has 0 aliphatic heterocycles. The van der Waals surface area contributed by atoms with Crippen LogP contribution in [0.5, 0.6) is 5.88 Å². The second kappa shape index (κ2) is 12.1. The van der Waals surface area contributed by atoms with Crippen LogP contribution < -0.4 is 21.1 Å². The number of aldehydes is 1. The molecule has 2 amide bonds. The molecule has 1 aromatic heterocycles. The van der Waals surface area contributed by atoms with E-state index in [-0.39, 0.29) is 35.6 Å². The van der Waals surface area contributed by atoms with Gasteiger partial charge >= 0.3 is 6.09 Å². The van der Waals surface area contributed by atoms with Crippen LogP contribution in [0.4, 0.5) is 4.79 Å². The van der Waals surface area contributed by atoms with E-state index in [4.69, 9.17) is 15.2 Å². The molecule has 0 aromatic carbocycles. The Bertz CT molecular complexity index is 1070. The number of aromatic nitrogens is 2. The van der Waals surface area contributed by atoms with Gasteiger partial charge in [0.15, 0.2) is 0 Å². The highest BCUT2D eigenvalue weighted by molar-refractivity contribution is 5.97. The van der Waals surface area contributed by atoms with Crippen molar-refractivity contribution in [1.82, 2.24) is 20.4 Å². The van der Waals surface area contributed by atoms with E-state index in [0.29, 0.717) is 36.0 Å². The lowest BCUT2D eigenvalue weighted by molar-refractivity contribution is -0.174. The summed E-state index contributed by atoms with van der Waals surface area (Å²) in [5, 5.41) is 10.9. The van der Waals surface area contributed by atoms with Crippen molar-refractivity contribution in [3.05, 3.63) is 17.8 Å². The number of hydrogen-bond acceptors (Lipinski definition) is 8. The van der Waals surface area contributed by atoms with E-state index in [1.165, 1.54) is 7.11 Å². The van der Waals surface area contributed by atoms with Crippen molar-refractivity contribution in [1.29, 1.82) is 0 Å². The van der Waals surface area contributed by atoms with Gasteiger partial charge in [-0.2, -0.15) is 5.10 Å². The largest absolute Gasteiger partial charge is 0.474 e. The maximum absolute atomic E-state index is 13.5. The molecule has 218 valence electrons. The third kappa shape index (κ3) is 6.46. The van der Waals surface area contributed by atoms with Crippen LogP contribution in [0.1, 0.15) is 77.1 Å². The molecule has 1 aromatic rings. The summed E-state index contributed by atoms with van der Waals surface area (Å²) >= 11 is 0. The monoisotopic (exact) mass is 547 g/mol. The number of nitrogens with zero attached hydrogens (tertiary/aromatic N) is 2. The van der Waals surface area contributed by atoms with Crippen molar-refractivity contribution in [3.8, 4) is 5.88 Å². The Morgan fingerprint density at radius 2 is 2.00 bits per heavy atom. The fraction of sp³-hybridized carbons (Fsp3) is 0.714. The minimum atomic E-state index is -0.727. The Labute approximate surface area is 231 Å². The first-order valence-electron chi connectivity index (χ1n) is 13.7. The lowest BCUT2D eigenvalue weighted by Crippen LogP contribution is -2.71. The van der Waals surface area contributed by atoms with Crippen LogP contribution in [0.25, 0.3) is 6.20 Å². The number of amides is 2. The van der Waals surface area contributed by atoms with Crippen LogP contribution in [0.15, 0.2) is 12.3 Å². The maximum Gasteiger partial charge on any atom is 0.405 e. The van der Waals surface area contributed by atoms with Gasteiger partial charge in [-0.15, -0.1) is 0 Å². The molecular formula is C28H45N5O6. The highest BCUT2D eigenvalue weighted by Crippen LogP contribution is 2.70. The van der Waals surface area contributed by atoms with Gasteiger partial charge in [-0.25, -0.2) is 9.48 Å². The molecule has 3 fully saturated rings. The van der Waals surface area contributed by atoms with Gasteiger partial charge in [0.1, 0.15) is 24.1 Å². The number of rotatable bonds is 10. The zero-order chi connectivity index (χ0) is 29.0. The topological polar surface area (TPSA) is 147 Å². The number of fused-ring (bicyclic) bond motifs is 1. The first kappa shape index (κ1) is 30.6. The number of likely N-dealkylation sites (N-methyl/N-ethyl adjacent to an activating group) is 1. The summed E-state index contributed by atoms with van der Waals surface area (Å²) in [5.41, 5.74) is 4.79. The van der Waals surface area contributed by atoms with Crippen molar-refractivity contribution >= 4 is 24.5 Å².